The number of fused-ring (bicyclic) bond motifs is 4. The third-order valence-electron chi connectivity index (χ3n) is 5.47. The molecule has 0 bridgehead atoms. The number of rotatable bonds is 2. The summed E-state index contributed by atoms with van der Waals surface area (Å²) < 4.78 is 11.2. The molecule has 138 valence electrons. The average molecular weight is 369 g/mol. The van der Waals surface area contributed by atoms with Crippen molar-refractivity contribution >= 4 is 22.3 Å². The fraction of sp³-hybridized carbons (Fsp3) is 0.125. The smallest absolute Gasteiger partial charge is 0.342 e. The maximum Gasteiger partial charge on any atom is 0.342 e. The first-order valence-electron chi connectivity index (χ1n) is 9.23. The number of hydrogen-bond donors (Lipinski definition) is 1. The van der Waals surface area contributed by atoms with Crippen molar-refractivity contribution in [1.29, 1.82) is 0 Å². The Morgan fingerprint density at radius 3 is 2.57 bits per heavy atom. The van der Waals surface area contributed by atoms with Crippen LogP contribution >= 0.6 is 0 Å². The number of ether oxygens (including phenoxy) is 1. The monoisotopic (exact) mass is 369 g/mol. The van der Waals surface area contributed by atoms with E-state index in [1.165, 1.54) is 0 Å². The molecule has 3 aromatic carbocycles. The first-order valence-corrected chi connectivity index (χ1v) is 9.23. The van der Waals surface area contributed by atoms with Gasteiger partial charge in [-0.1, -0.05) is 36.4 Å². The SMILES string of the molecule is COc1ccc2c(c1)C(c1ccccc1C)c1c(c3ccccc3oc1=O)N2. The predicted octanol–water partition coefficient (Wildman–Crippen LogP) is 5.35. The van der Waals surface area contributed by atoms with Crippen molar-refractivity contribution < 1.29 is 9.15 Å². The number of aryl methyl sites for hydroxylation is 1. The van der Waals surface area contributed by atoms with Gasteiger partial charge in [0.05, 0.1) is 18.4 Å². The molecular weight excluding hydrogens is 350 g/mol. The topological polar surface area (TPSA) is 51.5 Å². The number of hydrogen-bond acceptors (Lipinski definition) is 4. The summed E-state index contributed by atoms with van der Waals surface area (Å²) >= 11 is 0. The van der Waals surface area contributed by atoms with E-state index in [9.17, 15) is 4.79 Å². The molecule has 1 aromatic heterocycles. The van der Waals surface area contributed by atoms with Gasteiger partial charge in [0.1, 0.15) is 11.3 Å². The van der Waals surface area contributed by atoms with Crippen molar-refractivity contribution in [3.8, 4) is 5.75 Å². The molecule has 2 heterocycles. The molecular formula is C24H19NO3. The van der Waals surface area contributed by atoms with Crippen LogP contribution in [0.1, 0.15) is 28.2 Å². The van der Waals surface area contributed by atoms with E-state index in [-0.39, 0.29) is 11.5 Å². The van der Waals surface area contributed by atoms with Gasteiger partial charge in [0.15, 0.2) is 0 Å². The van der Waals surface area contributed by atoms with E-state index in [1.54, 1.807) is 7.11 Å². The minimum absolute atomic E-state index is 0.233. The zero-order chi connectivity index (χ0) is 19.3. The van der Waals surface area contributed by atoms with Gasteiger partial charge in [-0.2, -0.15) is 0 Å². The Balaban J connectivity index is 1.89. The number of methoxy groups -OCH3 is 1. The van der Waals surface area contributed by atoms with Crippen molar-refractivity contribution in [2.75, 3.05) is 12.4 Å². The van der Waals surface area contributed by atoms with Crippen molar-refractivity contribution in [2.24, 2.45) is 0 Å². The summed E-state index contributed by atoms with van der Waals surface area (Å²) in [4.78, 5) is 13.1. The highest BCUT2D eigenvalue weighted by atomic mass is 16.5. The Morgan fingerprint density at radius 2 is 1.75 bits per heavy atom. The van der Waals surface area contributed by atoms with Crippen LogP contribution in [-0.2, 0) is 0 Å². The second kappa shape index (κ2) is 6.27. The molecule has 0 fully saturated rings. The van der Waals surface area contributed by atoms with Crippen LogP contribution in [0.15, 0.2) is 75.9 Å². The predicted molar refractivity (Wildman–Crippen MR) is 111 cm³/mol. The van der Waals surface area contributed by atoms with Crippen LogP contribution in [0, 0.1) is 6.92 Å². The highest BCUT2D eigenvalue weighted by molar-refractivity contribution is 5.96. The van der Waals surface area contributed by atoms with Gasteiger partial charge in [-0.25, -0.2) is 4.79 Å². The first-order chi connectivity index (χ1) is 13.7. The fourth-order valence-electron chi connectivity index (χ4n) is 4.11. The molecule has 28 heavy (non-hydrogen) atoms. The highest BCUT2D eigenvalue weighted by Crippen LogP contribution is 2.47. The van der Waals surface area contributed by atoms with E-state index < -0.39 is 0 Å². The van der Waals surface area contributed by atoms with Crippen molar-refractivity contribution in [3.63, 3.8) is 0 Å². The molecule has 0 saturated heterocycles. The summed E-state index contributed by atoms with van der Waals surface area (Å²) in [5.74, 6) is 0.524. The summed E-state index contributed by atoms with van der Waals surface area (Å²) in [6.07, 6.45) is 0. The van der Waals surface area contributed by atoms with Gasteiger partial charge in [-0.05, 0) is 53.9 Å². The summed E-state index contributed by atoms with van der Waals surface area (Å²) in [7, 11) is 1.65. The standard InChI is InChI=1S/C24H19NO3/c1-14-7-3-4-8-16(14)21-18-13-15(27-2)11-12-19(18)25-23-17-9-5-6-10-20(17)28-24(26)22(21)23/h3-13,21,25H,1-2H3. The van der Waals surface area contributed by atoms with Gasteiger partial charge in [-0.3, -0.25) is 0 Å². The second-order valence-corrected chi connectivity index (χ2v) is 7.04. The first kappa shape index (κ1) is 16.6. The Labute approximate surface area is 162 Å². The molecule has 0 spiro atoms. The van der Waals surface area contributed by atoms with Crippen molar-refractivity contribution in [1.82, 2.24) is 0 Å². The van der Waals surface area contributed by atoms with E-state index in [4.69, 9.17) is 9.15 Å². The zero-order valence-electron chi connectivity index (χ0n) is 15.7. The lowest BCUT2D eigenvalue weighted by Crippen LogP contribution is -2.23. The van der Waals surface area contributed by atoms with Crippen LogP contribution in [0.4, 0.5) is 11.4 Å². The van der Waals surface area contributed by atoms with Gasteiger partial charge in [0.2, 0.25) is 0 Å². The largest absolute Gasteiger partial charge is 0.497 e. The molecule has 0 saturated carbocycles. The van der Waals surface area contributed by atoms with E-state index in [2.05, 4.69) is 24.4 Å². The number of nitrogens with one attached hydrogen (secondary N) is 1. The molecule has 1 N–H and O–H groups in total. The van der Waals surface area contributed by atoms with Gasteiger partial charge in [0, 0.05) is 17.0 Å². The zero-order valence-corrected chi connectivity index (χ0v) is 15.7. The van der Waals surface area contributed by atoms with Crippen LogP contribution in [0.5, 0.6) is 5.75 Å². The van der Waals surface area contributed by atoms with Gasteiger partial charge < -0.3 is 14.5 Å². The molecule has 0 aliphatic carbocycles. The third-order valence-corrected chi connectivity index (χ3v) is 5.47. The lowest BCUT2D eigenvalue weighted by Gasteiger charge is -2.30. The average Bonchev–Trinajstić information content (AvgIpc) is 2.72. The van der Waals surface area contributed by atoms with E-state index in [1.807, 2.05) is 54.6 Å². The summed E-state index contributed by atoms with van der Waals surface area (Å²) in [6, 6.07) is 21.7. The third kappa shape index (κ3) is 2.42. The maximum atomic E-state index is 13.1. The molecule has 1 atom stereocenters. The van der Waals surface area contributed by atoms with Crippen LogP contribution in [0.25, 0.3) is 11.0 Å². The molecule has 4 aromatic rings. The van der Waals surface area contributed by atoms with Crippen molar-refractivity contribution in [2.45, 2.75) is 12.8 Å². The highest BCUT2D eigenvalue weighted by Gasteiger charge is 2.33. The Kier molecular flexibility index (Phi) is 3.72. The van der Waals surface area contributed by atoms with Gasteiger partial charge in [-0.15, -0.1) is 0 Å². The minimum atomic E-state index is -0.317. The molecule has 1 aliphatic heterocycles. The lowest BCUT2D eigenvalue weighted by molar-refractivity contribution is 0.414. The molecule has 0 amide bonds. The normalized spacial score (nSPS) is 14.9. The summed E-state index contributed by atoms with van der Waals surface area (Å²) in [5.41, 5.74) is 5.90. The van der Waals surface area contributed by atoms with Crippen molar-refractivity contribution in [3.05, 3.63) is 99.4 Å². The molecule has 5 rings (SSSR count). The Bertz CT molecular complexity index is 1270. The number of anilines is 2. The minimum Gasteiger partial charge on any atom is -0.497 e. The fourth-order valence-corrected chi connectivity index (χ4v) is 4.11. The summed E-state index contributed by atoms with van der Waals surface area (Å²) in [5, 5.41) is 4.38. The maximum absolute atomic E-state index is 13.1. The van der Waals surface area contributed by atoms with Gasteiger partial charge >= 0.3 is 5.63 Å². The Morgan fingerprint density at radius 1 is 0.964 bits per heavy atom. The van der Waals surface area contributed by atoms with Crippen LogP contribution < -0.4 is 15.7 Å². The van der Waals surface area contributed by atoms with Crippen LogP contribution in [0.3, 0.4) is 0 Å². The van der Waals surface area contributed by atoms with Crippen LogP contribution in [-0.4, -0.2) is 7.11 Å². The van der Waals surface area contributed by atoms with E-state index in [0.717, 1.165) is 39.2 Å². The van der Waals surface area contributed by atoms with Crippen LogP contribution in [0.2, 0.25) is 0 Å². The molecule has 0 radical (unpaired) electrons. The molecule has 4 nitrogen and oxygen atoms in total. The second-order valence-electron chi connectivity index (χ2n) is 7.04. The summed E-state index contributed by atoms with van der Waals surface area (Å²) in [6.45, 7) is 2.07. The van der Waals surface area contributed by atoms with E-state index in [0.29, 0.717) is 11.1 Å². The molecule has 1 unspecified atom stereocenters. The quantitative estimate of drug-likeness (QED) is 0.426. The Hall–Kier alpha value is -3.53. The number of para-hydroxylation sites is 1. The molecule has 4 heteroatoms. The number of benzene rings is 3. The lowest BCUT2D eigenvalue weighted by atomic mass is 9.79. The van der Waals surface area contributed by atoms with E-state index >= 15 is 0 Å². The molecule has 1 aliphatic rings. The van der Waals surface area contributed by atoms with Gasteiger partial charge in [0.25, 0.3) is 0 Å².